The molecule has 132 valence electrons. The van der Waals surface area contributed by atoms with Gasteiger partial charge < -0.3 is 10.4 Å². The van der Waals surface area contributed by atoms with E-state index < -0.39 is 0 Å². The van der Waals surface area contributed by atoms with E-state index in [-0.39, 0.29) is 11.9 Å². The Kier molecular flexibility index (Phi) is 4.24. The second kappa shape index (κ2) is 5.85. The summed E-state index contributed by atoms with van der Waals surface area (Å²) in [6, 6.07) is 0. The van der Waals surface area contributed by atoms with Crippen molar-refractivity contribution >= 4 is 22.8 Å². The van der Waals surface area contributed by atoms with Gasteiger partial charge in [0.1, 0.15) is 0 Å². The lowest BCUT2D eigenvalue weighted by molar-refractivity contribution is -0.122. The van der Waals surface area contributed by atoms with E-state index in [2.05, 4.69) is 44.3 Å². The maximum atomic E-state index is 8.36. The second-order valence-corrected chi connectivity index (χ2v) is 9.42. The van der Waals surface area contributed by atoms with Crippen LogP contribution in [0.5, 0.6) is 0 Å². The van der Waals surface area contributed by atoms with Crippen molar-refractivity contribution in [1.29, 1.82) is 0 Å². The Balaban J connectivity index is 0.000000526. The lowest BCUT2D eigenvalue weighted by Crippen LogP contribution is -2.41. The molecule has 4 rings (SSSR count). The van der Waals surface area contributed by atoms with E-state index in [1.165, 1.54) is 29.2 Å². The van der Waals surface area contributed by atoms with Gasteiger partial charge in [-0.05, 0) is 25.2 Å². The number of aromatic nitrogens is 2. The zero-order valence-corrected chi connectivity index (χ0v) is 16.0. The highest BCUT2D eigenvalue weighted by Gasteiger charge is 2.41. The highest BCUT2D eigenvalue weighted by molar-refractivity contribution is 7.17. The first kappa shape index (κ1) is 17.4. The van der Waals surface area contributed by atoms with Gasteiger partial charge in [-0.25, -0.2) is 4.98 Å². The normalized spacial score (nSPS) is 21.5. The van der Waals surface area contributed by atoms with E-state index in [9.17, 15) is 0 Å². The summed E-state index contributed by atoms with van der Waals surface area (Å²) in [5.74, 6) is 0.645. The summed E-state index contributed by atoms with van der Waals surface area (Å²) >= 11 is 1.93. The number of rotatable bonds is 1. The predicted molar refractivity (Wildman–Crippen MR) is 97.2 cm³/mol. The smallest absolute Gasteiger partial charge is 0.290 e. The van der Waals surface area contributed by atoms with Crippen molar-refractivity contribution in [1.82, 2.24) is 14.7 Å². The van der Waals surface area contributed by atoms with Gasteiger partial charge in [-0.2, -0.15) is 0 Å². The summed E-state index contributed by atoms with van der Waals surface area (Å²) in [5, 5.41) is 10.3. The molecule has 1 aliphatic heterocycles. The molecule has 2 N–H and O–H groups in total. The fourth-order valence-corrected chi connectivity index (χ4v) is 5.83. The molecule has 3 heterocycles. The van der Waals surface area contributed by atoms with E-state index in [0.29, 0.717) is 11.3 Å². The highest BCUT2D eigenvalue weighted by Crippen LogP contribution is 2.49. The number of carbonyl (C=O) groups is 1. The molecule has 1 aliphatic carbocycles. The lowest BCUT2D eigenvalue weighted by Gasteiger charge is -2.40. The van der Waals surface area contributed by atoms with Gasteiger partial charge in [0.2, 0.25) is 0 Å². The molecule has 0 spiro atoms. The highest BCUT2D eigenvalue weighted by atomic mass is 32.1. The number of aryl methyl sites for hydroxylation is 1. The topological polar surface area (TPSA) is 66.6 Å². The molecule has 0 amide bonds. The monoisotopic (exact) mass is 349 g/mol. The van der Waals surface area contributed by atoms with Crippen LogP contribution < -0.4 is 5.32 Å². The third kappa shape index (κ3) is 2.75. The zero-order valence-electron chi connectivity index (χ0n) is 15.1. The molecule has 0 radical (unpaired) electrons. The molecular weight excluding hydrogens is 322 g/mol. The number of thiazole rings is 1. The Bertz CT molecular complexity index is 769. The zero-order chi connectivity index (χ0) is 17.7. The molecule has 2 aliphatic rings. The maximum Gasteiger partial charge on any atom is 0.290 e. The van der Waals surface area contributed by atoms with Crippen LogP contribution in [-0.2, 0) is 16.6 Å². The van der Waals surface area contributed by atoms with Crippen LogP contribution in [0.15, 0.2) is 0 Å². The minimum atomic E-state index is -0.250. The van der Waals surface area contributed by atoms with Crippen molar-refractivity contribution in [3.63, 3.8) is 0 Å². The van der Waals surface area contributed by atoms with Crippen molar-refractivity contribution in [2.45, 2.75) is 58.8 Å². The molecular formula is C18H27N3O2S. The van der Waals surface area contributed by atoms with Crippen LogP contribution in [0.3, 0.4) is 0 Å². The Labute approximate surface area is 147 Å². The summed E-state index contributed by atoms with van der Waals surface area (Å²) in [6.45, 7) is 13.8. The summed E-state index contributed by atoms with van der Waals surface area (Å²) in [6.07, 6.45) is 2.44. The molecule has 0 aromatic carbocycles. The van der Waals surface area contributed by atoms with Gasteiger partial charge in [-0.15, -0.1) is 11.3 Å². The summed E-state index contributed by atoms with van der Waals surface area (Å²) in [4.78, 5) is 16.0. The molecule has 6 heteroatoms. The largest absolute Gasteiger partial charge is 0.483 e. The van der Waals surface area contributed by atoms with Crippen LogP contribution in [0.1, 0.15) is 62.0 Å². The molecule has 1 fully saturated rings. The van der Waals surface area contributed by atoms with Crippen molar-refractivity contribution in [3.05, 3.63) is 22.0 Å². The number of nitrogens with one attached hydrogen (secondary N) is 1. The predicted octanol–water partition coefficient (Wildman–Crippen LogP) is 3.34. The van der Waals surface area contributed by atoms with Crippen LogP contribution in [0.2, 0.25) is 0 Å². The van der Waals surface area contributed by atoms with Crippen LogP contribution in [0.4, 0.5) is 0 Å². The Morgan fingerprint density at radius 3 is 2.50 bits per heavy atom. The van der Waals surface area contributed by atoms with Crippen LogP contribution in [0.25, 0.3) is 4.96 Å². The first-order valence-corrected chi connectivity index (χ1v) is 9.31. The number of fused-ring (bicyclic) bond motifs is 3. The van der Waals surface area contributed by atoms with Gasteiger partial charge in [0.25, 0.3) is 6.47 Å². The van der Waals surface area contributed by atoms with Crippen molar-refractivity contribution in [2.24, 2.45) is 5.41 Å². The Hall–Kier alpha value is -1.40. The molecule has 0 saturated carbocycles. The number of carboxylic acid groups (broad SMARTS) is 1. The quantitative estimate of drug-likeness (QED) is 0.775. The van der Waals surface area contributed by atoms with Crippen LogP contribution in [0, 0.1) is 12.3 Å². The molecule has 0 unspecified atom stereocenters. The van der Waals surface area contributed by atoms with E-state index in [4.69, 9.17) is 14.9 Å². The summed E-state index contributed by atoms with van der Waals surface area (Å²) in [7, 11) is 0. The van der Waals surface area contributed by atoms with Gasteiger partial charge in [-0.1, -0.05) is 27.7 Å². The summed E-state index contributed by atoms with van der Waals surface area (Å²) < 4.78 is 2.52. The average Bonchev–Trinajstić information content (AvgIpc) is 2.85. The first-order chi connectivity index (χ1) is 11.2. The molecule has 1 saturated heterocycles. The minimum absolute atomic E-state index is 0.250. The first-order valence-electron chi connectivity index (χ1n) is 8.50. The van der Waals surface area contributed by atoms with Gasteiger partial charge >= 0.3 is 0 Å². The second-order valence-electron chi connectivity index (χ2n) is 8.44. The number of imidazole rings is 1. The maximum absolute atomic E-state index is 8.36. The molecule has 0 atom stereocenters. The van der Waals surface area contributed by atoms with E-state index in [1.807, 2.05) is 11.3 Å². The van der Waals surface area contributed by atoms with Gasteiger partial charge in [0.05, 0.1) is 11.4 Å². The van der Waals surface area contributed by atoms with Gasteiger partial charge in [0.15, 0.2) is 4.96 Å². The fraction of sp³-hybridized carbons (Fsp3) is 0.667. The SMILES string of the molecule is Cc1nc2sc3c(n2c1C1CNC1)CC(C)(C)CC3(C)C.O=CO. The van der Waals surface area contributed by atoms with Crippen LogP contribution >= 0.6 is 11.3 Å². The van der Waals surface area contributed by atoms with E-state index in [0.717, 1.165) is 13.1 Å². The van der Waals surface area contributed by atoms with Gasteiger partial charge in [-0.3, -0.25) is 9.20 Å². The fourth-order valence-electron chi connectivity index (χ4n) is 4.54. The number of hydrogen-bond acceptors (Lipinski definition) is 4. The molecule has 0 bridgehead atoms. The van der Waals surface area contributed by atoms with Crippen LogP contribution in [-0.4, -0.2) is 34.1 Å². The average molecular weight is 350 g/mol. The minimum Gasteiger partial charge on any atom is -0.483 e. The Morgan fingerprint density at radius 1 is 1.33 bits per heavy atom. The van der Waals surface area contributed by atoms with E-state index >= 15 is 0 Å². The van der Waals surface area contributed by atoms with E-state index in [1.54, 1.807) is 10.6 Å². The van der Waals surface area contributed by atoms with Crippen molar-refractivity contribution in [2.75, 3.05) is 13.1 Å². The summed E-state index contributed by atoms with van der Waals surface area (Å²) in [5.41, 5.74) is 4.88. The Morgan fingerprint density at radius 2 is 1.96 bits per heavy atom. The van der Waals surface area contributed by atoms with Crippen molar-refractivity contribution in [3.8, 4) is 0 Å². The van der Waals surface area contributed by atoms with Crippen molar-refractivity contribution < 1.29 is 9.90 Å². The standard InChI is InChI=1S/C17H25N3S.CH2O2/c1-10-13(11-7-18-8-11)20-12-6-16(2,3)9-17(4,5)14(12)21-15(20)19-10;2-1-3/h11,18H,6-9H2,1-5H3;1H,(H,2,3). The lowest BCUT2D eigenvalue weighted by atomic mass is 9.67. The number of hydrogen-bond donors (Lipinski definition) is 2. The van der Waals surface area contributed by atoms with Gasteiger partial charge in [0, 0.05) is 35.0 Å². The molecule has 2 aromatic heterocycles. The third-order valence-electron chi connectivity index (χ3n) is 5.14. The molecule has 24 heavy (non-hydrogen) atoms. The number of nitrogens with zero attached hydrogens (tertiary/aromatic N) is 2. The molecule has 2 aromatic rings. The third-order valence-corrected chi connectivity index (χ3v) is 6.59. The molecule has 5 nitrogen and oxygen atoms in total.